The highest BCUT2D eigenvalue weighted by molar-refractivity contribution is 5.85. The Kier molecular flexibility index (Phi) is 4.73. The molecule has 1 aromatic heterocycles. The van der Waals surface area contributed by atoms with Gasteiger partial charge >= 0.3 is 0 Å². The van der Waals surface area contributed by atoms with Crippen LogP contribution in [0.4, 0.5) is 5.95 Å². The molecular formula is C13H21N5O2. The Balaban J connectivity index is 2.23. The summed E-state index contributed by atoms with van der Waals surface area (Å²) in [6.45, 7) is 4.56. The molecule has 1 unspecified atom stereocenters. The lowest BCUT2D eigenvalue weighted by molar-refractivity contribution is -0.130. The standard InChI is InChI=1S/C13H21N5O2/c1-4-20-11-5-6-15-13(16-11)18-8-7-14-9-10(18)12(19)17(2)3/h5-6,10,14H,4,7-9H2,1-3H3. The second-order valence-electron chi connectivity index (χ2n) is 4.77. The van der Waals surface area contributed by atoms with Crippen molar-refractivity contribution in [3.8, 4) is 5.88 Å². The molecule has 1 atom stereocenters. The molecule has 0 spiro atoms. The third-order valence-electron chi connectivity index (χ3n) is 3.14. The van der Waals surface area contributed by atoms with Gasteiger partial charge in [-0.3, -0.25) is 4.79 Å². The first kappa shape index (κ1) is 14.5. The summed E-state index contributed by atoms with van der Waals surface area (Å²) < 4.78 is 5.39. The van der Waals surface area contributed by atoms with Gasteiger partial charge in [0, 0.05) is 46.0 Å². The van der Waals surface area contributed by atoms with Crippen molar-refractivity contribution in [2.24, 2.45) is 0 Å². The normalized spacial score (nSPS) is 18.8. The minimum absolute atomic E-state index is 0.0441. The first-order valence-corrected chi connectivity index (χ1v) is 6.78. The quantitative estimate of drug-likeness (QED) is 0.819. The fourth-order valence-electron chi connectivity index (χ4n) is 2.16. The Hall–Kier alpha value is -1.89. The van der Waals surface area contributed by atoms with Gasteiger partial charge in [-0.2, -0.15) is 4.98 Å². The van der Waals surface area contributed by atoms with Crippen LogP contribution in [0.25, 0.3) is 0 Å². The van der Waals surface area contributed by atoms with Crippen molar-refractivity contribution in [2.45, 2.75) is 13.0 Å². The highest BCUT2D eigenvalue weighted by Crippen LogP contribution is 2.17. The number of carbonyl (C=O) groups is 1. The van der Waals surface area contributed by atoms with Crippen molar-refractivity contribution >= 4 is 11.9 Å². The molecule has 0 aliphatic carbocycles. The molecule has 7 nitrogen and oxygen atoms in total. The number of nitrogens with one attached hydrogen (secondary N) is 1. The number of nitrogens with zero attached hydrogens (tertiary/aromatic N) is 4. The van der Waals surface area contributed by atoms with E-state index in [4.69, 9.17) is 4.74 Å². The van der Waals surface area contributed by atoms with E-state index < -0.39 is 0 Å². The molecule has 1 saturated heterocycles. The summed E-state index contributed by atoms with van der Waals surface area (Å²) in [7, 11) is 3.51. The van der Waals surface area contributed by atoms with E-state index in [1.165, 1.54) is 0 Å². The predicted molar refractivity (Wildman–Crippen MR) is 75.9 cm³/mol. The van der Waals surface area contributed by atoms with Crippen LogP contribution in [0.5, 0.6) is 5.88 Å². The zero-order valence-electron chi connectivity index (χ0n) is 12.2. The van der Waals surface area contributed by atoms with Crippen molar-refractivity contribution in [2.75, 3.05) is 45.2 Å². The highest BCUT2D eigenvalue weighted by Gasteiger charge is 2.31. The second kappa shape index (κ2) is 6.51. The fourth-order valence-corrected chi connectivity index (χ4v) is 2.16. The summed E-state index contributed by atoms with van der Waals surface area (Å²) in [5.74, 6) is 1.12. The number of ether oxygens (including phenoxy) is 1. The van der Waals surface area contributed by atoms with Crippen LogP contribution in [-0.4, -0.2) is 67.2 Å². The molecule has 0 bridgehead atoms. The minimum Gasteiger partial charge on any atom is -0.478 e. The molecular weight excluding hydrogens is 258 g/mol. The predicted octanol–water partition coefficient (Wildman–Crippen LogP) is -0.258. The number of piperazine rings is 1. The minimum atomic E-state index is -0.282. The number of carbonyl (C=O) groups excluding carboxylic acids is 1. The smallest absolute Gasteiger partial charge is 0.246 e. The van der Waals surface area contributed by atoms with Crippen molar-refractivity contribution in [1.82, 2.24) is 20.2 Å². The zero-order valence-corrected chi connectivity index (χ0v) is 12.2. The molecule has 1 aliphatic heterocycles. The Bertz CT molecular complexity index is 466. The van der Waals surface area contributed by atoms with Crippen molar-refractivity contribution < 1.29 is 9.53 Å². The maximum atomic E-state index is 12.2. The molecule has 20 heavy (non-hydrogen) atoms. The third kappa shape index (κ3) is 3.16. The van der Waals surface area contributed by atoms with Gasteiger partial charge in [0.15, 0.2) is 0 Å². The first-order chi connectivity index (χ1) is 9.63. The van der Waals surface area contributed by atoms with E-state index in [9.17, 15) is 4.79 Å². The average molecular weight is 279 g/mol. The summed E-state index contributed by atoms with van der Waals surface area (Å²) in [6, 6.07) is 1.44. The van der Waals surface area contributed by atoms with Gasteiger partial charge < -0.3 is 19.9 Å². The molecule has 0 radical (unpaired) electrons. The molecule has 110 valence electrons. The van der Waals surface area contributed by atoms with Gasteiger partial charge in [0.1, 0.15) is 6.04 Å². The molecule has 1 fully saturated rings. The Morgan fingerprint density at radius 3 is 3.10 bits per heavy atom. The monoisotopic (exact) mass is 279 g/mol. The summed E-state index contributed by atoms with van der Waals surface area (Å²) in [5, 5.41) is 3.23. The Morgan fingerprint density at radius 1 is 1.60 bits per heavy atom. The van der Waals surface area contributed by atoms with Crippen LogP contribution in [0.15, 0.2) is 12.3 Å². The SMILES string of the molecule is CCOc1ccnc(N2CCNCC2C(=O)N(C)C)n1. The van der Waals surface area contributed by atoms with Gasteiger partial charge in [0.25, 0.3) is 0 Å². The van der Waals surface area contributed by atoms with Crippen molar-refractivity contribution in [3.05, 3.63) is 12.3 Å². The number of hydrogen-bond donors (Lipinski definition) is 1. The number of anilines is 1. The molecule has 1 amide bonds. The van der Waals surface area contributed by atoms with E-state index in [-0.39, 0.29) is 11.9 Å². The van der Waals surface area contributed by atoms with Crippen LogP contribution >= 0.6 is 0 Å². The fraction of sp³-hybridized carbons (Fsp3) is 0.615. The maximum absolute atomic E-state index is 12.2. The Morgan fingerprint density at radius 2 is 2.40 bits per heavy atom. The van der Waals surface area contributed by atoms with Gasteiger partial charge in [-0.1, -0.05) is 0 Å². The largest absolute Gasteiger partial charge is 0.478 e. The summed E-state index contributed by atoms with van der Waals surface area (Å²) in [4.78, 5) is 24.4. The number of amides is 1. The molecule has 0 saturated carbocycles. The third-order valence-corrected chi connectivity index (χ3v) is 3.14. The summed E-state index contributed by atoms with van der Waals surface area (Å²) >= 11 is 0. The molecule has 1 aliphatic rings. The highest BCUT2D eigenvalue weighted by atomic mass is 16.5. The van der Waals surface area contributed by atoms with Crippen molar-refractivity contribution in [3.63, 3.8) is 0 Å². The number of likely N-dealkylation sites (N-methyl/N-ethyl adjacent to an activating group) is 1. The van der Waals surface area contributed by atoms with Gasteiger partial charge in [0.2, 0.25) is 17.7 Å². The second-order valence-corrected chi connectivity index (χ2v) is 4.77. The van der Waals surface area contributed by atoms with Gasteiger partial charge in [-0.05, 0) is 6.92 Å². The van der Waals surface area contributed by atoms with Crippen LogP contribution in [0.1, 0.15) is 6.92 Å². The van der Waals surface area contributed by atoms with Crippen molar-refractivity contribution in [1.29, 1.82) is 0 Å². The van der Waals surface area contributed by atoms with E-state index in [0.29, 0.717) is 31.5 Å². The van der Waals surface area contributed by atoms with Gasteiger partial charge in [-0.25, -0.2) is 4.98 Å². The lowest BCUT2D eigenvalue weighted by Crippen LogP contribution is -2.58. The van der Waals surface area contributed by atoms with E-state index in [2.05, 4.69) is 15.3 Å². The summed E-state index contributed by atoms with van der Waals surface area (Å²) in [5.41, 5.74) is 0. The lowest BCUT2D eigenvalue weighted by Gasteiger charge is -2.36. The van der Waals surface area contributed by atoms with Crippen LogP contribution in [0, 0.1) is 0 Å². The molecule has 1 aromatic rings. The molecule has 0 aromatic carbocycles. The molecule has 2 heterocycles. The van der Waals surface area contributed by atoms with E-state index in [1.54, 1.807) is 31.3 Å². The van der Waals surface area contributed by atoms with E-state index in [1.807, 2.05) is 11.8 Å². The van der Waals surface area contributed by atoms with Crippen LogP contribution in [-0.2, 0) is 4.79 Å². The average Bonchev–Trinajstić information content (AvgIpc) is 2.47. The topological polar surface area (TPSA) is 70.6 Å². The molecule has 7 heteroatoms. The number of rotatable bonds is 4. The summed E-state index contributed by atoms with van der Waals surface area (Å²) in [6.07, 6.45) is 1.66. The van der Waals surface area contributed by atoms with Gasteiger partial charge in [0.05, 0.1) is 6.61 Å². The lowest BCUT2D eigenvalue weighted by atomic mass is 10.2. The van der Waals surface area contributed by atoms with Crippen LogP contribution < -0.4 is 15.0 Å². The van der Waals surface area contributed by atoms with Gasteiger partial charge in [-0.15, -0.1) is 0 Å². The van der Waals surface area contributed by atoms with Crippen LogP contribution in [0.2, 0.25) is 0 Å². The van der Waals surface area contributed by atoms with E-state index >= 15 is 0 Å². The van der Waals surface area contributed by atoms with E-state index in [0.717, 1.165) is 6.54 Å². The Labute approximate surface area is 118 Å². The number of aromatic nitrogens is 2. The molecule has 2 rings (SSSR count). The van der Waals surface area contributed by atoms with Crippen LogP contribution in [0.3, 0.4) is 0 Å². The number of hydrogen-bond acceptors (Lipinski definition) is 6. The zero-order chi connectivity index (χ0) is 14.5. The maximum Gasteiger partial charge on any atom is 0.246 e. The molecule has 1 N–H and O–H groups in total. The first-order valence-electron chi connectivity index (χ1n) is 6.78.